The Morgan fingerprint density at radius 3 is 1.72 bits per heavy atom. The number of anilines is 6. The Balaban J connectivity index is 1.18. The SMILES string of the molecule is Cc1cc(C(C)(C)C)ccc1N(c1ccc2c(c1)N(c1cccc3c1oc1ccccc13)c1cc(C(C)(C)C)cc3c1B2c1cc(C(C)(C)C)cc2c4c(n-3c12)-c1ccccc1C4(C)C)c1ccc(C(C)(C)C)cc1C. The summed E-state index contributed by atoms with van der Waals surface area (Å²) in [6, 6.07) is 56.3. The summed E-state index contributed by atoms with van der Waals surface area (Å²) in [5, 5.41) is 3.61. The third kappa shape index (κ3) is 6.95. The van der Waals surface area contributed by atoms with E-state index in [1.807, 2.05) is 0 Å². The van der Waals surface area contributed by atoms with Crippen molar-refractivity contribution in [3.63, 3.8) is 0 Å². The lowest BCUT2D eigenvalue weighted by Gasteiger charge is -2.42. The summed E-state index contributed by atoms with van der Waals surface area (Å²) in [5.41, 5.74) is 28.0. The fraction of sp³-hybridized carbons (Fsp3) is 0.296. The zero-order valence-electron chi connectivity index (χ0n) is 47.7. The lowest BCUT2D eigenvalue weighted by molar-refractivity contribution is 0.589. The van der Waals surface area contributed by atoms with Crippen molar-refractivity contribution in [3.8, 4) is 16.9 Å². The molecule has 380 valence electrons. The molecule has 2 aliphatic heterocycles. The molecule has 0 spiro atoms. The highest BCUT2D eigenvalue weighted by atomic mass is 16.3. The van der Waals surface area contributed by atoms with Gasteiger partial charge in [-0.15, -0.1) is 0 Å². The molecule has 0 fully saturated rings. The van der Waals surface area contributed by atoms with Crippen LogP contribution in [0.3, 0.4) is 0 Å². The Morgan fingerprint density at radius 2 is 1.08 bits per heavy atom. The van der Waals surface area contributed by atoms with E-state index in [0.29, 0.717) is 0 Å². The average molecular weight is 994 g/mol. The van der Waals surface area contributed by atoms with Crippen LogP contribution in [0.5, 0.6) is 0 Å². The van der Waals surface area contributed by atoms with Gasteiger partial charge < -0.3 is 18.8 Å². The van der Waals surface area contributed by atoms with Gasteiger partial charge in [0.2, 0.25) is 0 Å². The standard InChI is InChI=1S/C71H72BN3O/c1-41-34-43(67(3,4)5)28-32-55(41)73(56-33-29-44(35-42(56)2)68(6,7)8)47-30-31-53-58(40-47)74(57-26-21-24-49-48-22-18-20-27-61(48)76-66(49)57)59-38-46(70(12,13)14)39-60-63(59)72(53)54-37-45(69(9,10)11)36-51-62-65(75(60)64(51)54)50-23-17-19-25-52(50)71(62,15)16/h17-40H,1-16H3. The molecule has 2 aromatic heterocycles. The van der Waals surface area contributed by atoms with E-state index in [1.165, 1.54) is 106 Å². The van der Waals surface area contributed by atoms with Gasteiger partial charge in [-0.25, -0.2) is 0 Å². The number of fused-ring (bicyclic) bond motifs is 12. The molecule has 10 aromatic rings. The molecule has 0 radical (unpaired) electrons. The predicted molar refractivity (Wildman–Crippen MR) is 326 cm³/mol. The minimum atomic E-state index is -0.209. The molecule has 0 unspecified atom stereocenters. The number of benzene rings is 8. The molecule has 0 saturated heterocycles. The lowest BCUT2D eigenvalue weighted by atomic mass is 9.33. The van der Waals surface area contributed by atoms with Gasteiger partial charge in [0.15, 0.2) is 5.58 Å². The highest BCUT2D eigenvalue weighted by Gasteiger charge is 2.48. The molecule has 0 amide bonds. The van der Waals surface area contributed by atoms with Crippen molar-refractivity contribution < 1.29 is 4.42 Å². The maximum atomic E-state index is 7.10. The van der Waals surface area contributed by atoms with Gasteiger partial charge in [-0.05, 0) is 151 Å². The smallest absolute Gasteiger partial charge is 0.252 e. The highest BCUT2D eigenvalue weighted by Crippen LogP contribution is 2.56. The van der Waals surface area contributed by atoms with E-state index in [9.17, 15) is 0 Å². The topological polar surface area (TPSA) is 24.6 Å². The number of aromatic nitrogens is 1. The van der Waals surface area contributed by atoms with Crippen LogP contribution in [-0.2, 0) is 27.1 Å². The van der Waals surface area contributed by atoms with Crippen LogP contribution in [0.2, 0.25) is 0 Å². The Bertz CT molecular complexity index is 4050. The normalized spacial score (nSPS) is 14.6. The maximum absolute atomic E-state index is 7.10. The summed E-state index contributed by atoms with van der Waals surface area (Å²) in [4.78, 5) is 5.12. The number of rotatable bonds is 4. The summed E-state index contributed by atoms with van der Waals surface area (Å²) >= 11 is 0. The first kappa shape index (κ1) is 48.4. The van der Waals surface area contributed by atoms with E-state index in [-0.39, 0.29) is 33.8 Å². The fourth-order valence-corrected chi connectivity index (χ4v) is 13.4. The van der Waals surface area contributed by atoms with Crippen LogP contribution >= 0.6 is 0 Å². The second kappa shape index (κ2) is 15.9. The van der Waals surface area contributed by atoms with Crippen LogP contribution in [0.4, 0.5) is 34.1 Å². The quantitative estimate of drug-likeness (QED) is 0.164. The summed E-state index contributed by atoms with van der Waals surface area (Å²) in [6.45, 7) is 37.5. The molecule has 4 nitrogen and oxygen atoms in total. The fourth-order valence-electron chi connectivity index (χ4n) is 13.4. The molecule has 0 atom stereocenters. The summed E-state index contributed by atoms with van der Waals surface area (Å²) in [7, 11) is 0. The molecular formula is C71H72BN3O. The molecular weight excluding hydrogens is 922 g/mol. The molecule has 76 heavy (non-hydrogen) atoms. The van der Waals surface area contributed by atoms with E-state index in [0.717, 1.165) is 39.0 Å². The van der Waals surface area contributed by atoms with Crippen molar-refractivity contribution in [1.82, 2.24) is 4.57 Å². The second-order valence-corrected chi connectivity index (χ2v) is 27.2. The van der Waals surface area contributed by atoms with Gasteiger partial charge in [-0.2, -0.15) is 0 Å². The largest absolute Gasteiger partial charge is 0.454 e. The molecule has 0 N–H and O–H groups in total. The summed E-state index contributed by atoms with van der Waals surface area (Å²) < 4.78 is 9.80. The van der Waals surface area contributed by atoms with Crippen LogP contribution in [0.15, 0.2) is 150 Å². The van der Waals surface area contributed by atoms with E-state index >= 15 is 0 Å². The van der Waals surface area contributed by atoms with Gasteiger partial charge in [0.25, 0.3) is 6.71 Å². The number of aryl methyl sites for hydroxylation is 2. The number of para-hydroxylation sites is 2. The van der Waals surface area contributed by atoms with E-state index < -0.39 is 0 Å². The maximum Gasteiger partial charge on any atom is 0.252 e. The highest BCUT2D eigenvalue weighted by molar-refractivity contribution is 7.00. The van der Waals surface area contributed by atoms with Crippen molar-refractivity contribution in [2.24, 2.45) is 0 Å². The molecule has 0 saturated carbocycles. The van der Waals surface area contributed by atoms with Crippen molar-refractivity contribution in [2.75, 3.05) is 9.80 Å². The number of furan rings is 1. The van der Waals surface area contributed by atoms with Gasteiger partial charge in [0.05, 0.1) is 11.4 Å². The molecule has 1 aliphatic carbocycles. The van der Waals surface area contributed by atoms with Crippen LogP contribution in [-0.4, -0.2) is 11.3 Å². The summed E-state index contributed by atoms with van der Waals surface area (Å²) in [5.74, 6) is 0. The third-order valence-electron chi connectivity index (χ3n) is 17.6. The Kier molecular flexibility index (Phi) is 10.1. The van der Waals surface area contributed by atoms with Crippen molar-refractivity contribution in [2.45, 2.75) is 138 Å². The number of hydrogen-bond acceptors (Lipinski definition) is 3. The zero-order valence-corrected chi connectivity index (χ0v) is 47.7. The monoisotopic (exact) mass is 994 g/mol. The van der Waals surface area contributed by atoms with Crippen molar-refractivity contribution in [3.05, 3.63) is 190 Å². The van der Waals surface area contributed by atoms with Crippen LogP contribution in [0.1, 0.15) is 141 Å². The lowest BCUT2D eigenvalue weighted by Crippen LogP contribution is -2.60. The molecule has 4 heterocycles. The summed E-state index contributed by atoms with van der Waals surface area (Å²) in [6.07, 6.45) is 0. The molecule has 8 aromatic carbocycles. The zero-order chi connectivity index (χ0) is 53.5. The van der Waals surface area contributed by atoms with Crippen LogP contribution in [0, 0.1) is 13.8 Å². The van der Waals surface area contributed by atoms with Gasteiger partial charge in [0, 0.05) is 66.8 Å². The third-order valence-corrected chi connectivity index (χ3v) is 17.6. The first-order valence-corrected chi connectivity index (χ1v) is 27.7. The second-order valence-electron chi connectivity index (χ2n) is 27.2. The minimum absolute atomic E-state index is 0.00932. The predicted octanol–water partition coefficient (Wildman–Crippen LogP) is 17.7. The van der Waals surface area contributed by atoms with Gasteiger partial charge in [-0.3, -0.25) is 0 Å². The van der Waals surface area contributed by atoms with Gasteiger partial charge in [0.1, 0.15) is 5.58 Å². The van der Waals surface area contributed by atoms with E-state index in [1.54, 1.807) is 0 Å². The number of nitrogens with zero attached hydrogens (tertiary/aromatic N) is 3. The van der Waals surface area contributed by atoms with E-state index in [2.05, 4.69) is 271 Å². The van der Waals surface area contributed by atoms with Crippen molar-refractivity contribution in [1.29, 1.82) is 0 Å². The first-order chi connectivity index (χ1) is 35.8. The first-order valence-electron chi connectivity index (χ1n) is 27.7. The minimum Gasteiger partial charge on any atom is -0.454 e. The number of hydrogen-bond donors (Lipinski definition) is 0. The van der Waals surface area contributed by atoms with Gasteiger partial charge in [-0.1, -0.05) is 188 Å². The van der Waals surface area contributed by atoms with Gasteiger partial charge >= 0.3 is 0 Å². The molecule has 13 rings (SSSR count). The van der Waals surface area contributed by atoms with Crippen molar-refractivity contribution >= 4 is 90.1 Å². The van der Waals surface area contributed by atoms with E-state index in [4.69, 9.17) is 4.42 Å². The average Bonchev–Trinajstić information content (AvgIpc) is 4.14. The molecule has 3 aliphatic rings. The van der Waals surface area contributed by atoms with Crippen LogP contribution < -0.4 is 26.2 Å². The molecule has 0 bridgehead atoms. The van der Waals surface area contributed by atoms with Crippen LogP contribution in [0.25, 0.3) is 49.8 Å². The Hall–Kier alpha value is -7.24. The molecule has 5 heteroatoms. The Labute approximate surface area is 451 Å². The Morgan fingerprint density at radius 1 is 0.487 bits per heavy atom.